The second kappa shape index (κ2) is 7.82. The van der Waals surface area contributed by atoms with Crippen molar-refractivity contribution in [3.05, 3.63) is 18.1 Å². The van der Waals surface area contributed by atoms with Crippen LogP contribution in [0.5, 0.6) is 0 Å². The summed E-state index contributed by atoms with van der Waals surface area (Å²) in [6.07, 6.45) is 11.3. The highest BCUT2D eigenvalue weighted by molar-refractivity contribution is 5.92. The van der Waals surface area contributed by atoms with Crippen molar-refractivity contribution >= 4 is 11.7 Å². The number of hydrogen-bond donors (Lipinski definition) is 2. The number of rotatable bonds is 7. The lowest BCUT2D eigenvalue weighted by Crippen LogP contribution is -2.33. The fourth-order valence-corrected chi connectivity index (χ4v) is 2.46. The summed E-state index contributed by atoms with van der Waals surface area (Å²) in [5.74, 6) is 0.625. The van der Waals surface area contributed by atoms with Crippen molar-refractivity contribution < 1.29 is 4.79 Å². The minimum absolute atomic E-state index is 0.109. The minimum atomic E-state index is -0.109. The molecule has 5 heteroatoms. The van der Waals surface area contributed by atoms with E-state index in [0.717, 1.165) is 31.6 Å². The topological polar surface area (TPSA) is 66.9 Å². The van der Waals surface area contributed by atoms with Crippen LogP contribution in [-0.4, -0.2) is 28.5 Å². The Bertz CT molecular complexity index is 412. The molecule has 20 heavy (non-hydrogen) atoms. The molecule has 1 fully saturated rings. The van der Waals surface area contributed by atoms with Crippen LogP contribution >= 0.6 is 0 Å². The molecule has 1 saturated carbocycles. The monoisotopic (exact) mass is 276 g/mol. The first-order valence-corrected chi connectivity index (χ1v) is 7.66. The largest absolute Gasteiger partial charge is 0.369 e. The zero-order chi connectivity index (χ0) is 14.2. The predicted molar refractivity (Wildman–Crippen MR) is 79.8 cm³/mol. The molecule has 0 saturated heterocycles. The average Bonchev–Trinajstić information content (AvgIpc) is 2.97. The molecule has 2 N–H and O–H groups in total. The number of hydrogen-bond acceptors (Lipinski definition) is 4. The normalized spacial score (nSPS) is 15.2. The lowest BCUT2D eigenvalue weighted by molar-refractivity contribution is 0.0932. The van der Waals surface area contributed by atoms with E-state index in [-0.39, 0.29) is 5.91 Å². The first-order valence-electron chi connectivity index (χ1n) is 7.66. The second-order valence-corrected chi connectivity index (χ2v) is 5.38. The van der Waals surface area contributed by atoms with Crippen LogP contribution in [0.15, 0.2) is 12.4 Å². The molecule has 0 bridgehead atoms. The van der Waals surface area contributed by atoms with Gasteiger partial charge >= 0.3 is 0 Å². The molecule has 1 aliphatic carbocycles. The fraction of sp³-hybridized carbons (Fsp3) is 0.667. The quantitative estimate of drug-likeness (QED) is 0.751. The number of unbranched alkanes of at least 4 members (excludes halogenated alkanes) is 2. The Labute approximate surface area is 120 Å². The maximum atomic E-state index is 12.0. The highest BCUT2D eigenvalue weighted by Gasteiger charge is 2.18. The van der Waals surface area contributed by atoms with Gasteiger partial charge in [0.05, 0.1) is 12.4 Å². The molecular weight excluding hydrogens is 252 g/mol. The molecule has 0 radical (unpaired) electrons. The number of nitrogens with one attached hydrogen (secondary N) is 2. The van der Waals surface area contributed by atoms with Gasteiger partial charge in [-0.05, 0) is 19.3 Å². The van der Waals surface area contributed by atoms with E-state index in [1.807, 2.05) is 0 Å². The van der Waals surface area contributed by atoms with Crippen molar-refractivity contribution in [3.63, 3.8) is 0 Å². The van der Waals surface area contributed by atoms with Crippen molar-refractivity contribution in [1.29, 1.82) is 0 Å². The Morgan fingerprint density at radius 2 is 2.05 bits per heavy atom. The van der Waals surface area contributed by atoms with Gasteiger partial charge in [-0.1, -0.05) is 32.6 Å². The van der Waals surface area contributed by atoms with Crippen molar-refractivity contribution in [1.82, 2.24) is 15.3 Å². The molecule has 1 aromatic rings. The van der Waals surface area contributed by atoms with Gasteiger partial charge in [0.2, 0.25) is 0 Å². The summed E-state index contributed by atoms with van der Waals surface area (Å²) in [6, 6.07) is 0.316. The van der Waals surface area contributed by atoms with Gasteiger partial charge in [-0.3, -0.25) is 4.79 Å². The second-order valence-electron chi connectivity index (χ2n) is 5.38. The predicted octanol–water partition coefficient (Wildman–Crippen LogP) is 2.75. The summed E-state index contributed by atoms with van der Waals surface area (Å²) in [4.78, 5) is 20.4. The molecule has 1 amide bonds. The molecule has 110 valence electrons. The van der Waals surface area contributed by atoms with Crippen LogP contribution in [0.1, 0.15) is 62.4 Å². The van der Waals surface area contributed by atoms with Crippen LogP contribution in [0.3, 0.4) is 0 Å². The molecule has 0 unspecified atom stereocenters. The van der Waals surface area contributed by atoms with Crippen molar-refractivity contribution in [3.8, 4) is 0 Å². The summed E-state index contributed by atoms with van der Waals surface area (Å²) < 4.78 is 0. The molecule has 1 aromatic heterocycles. The van der Waals surface area contributed by atoms with E-state index in [2.05, 4.69) is 27.5 Å². The SMILES string of the molecule is CCCCCNc1cnc(C(=O)NC2CCCC2)cn1. The highest BCUT2D eigenvalue weighted by Crippen LogP contribution is 2.17. The first-order chi connectivity index (χ1) is 9.79. The smallest absolute Gasteiger partial charge is 0.271 e. The van der Waals surface area contributed by atoms with Gasteiger partial charge in [0.1, 0.15) is 11.5 Å². The summed E-state index contributed by atoms with van der Waals surface area (Å²) in [5, 5.41) is 6.23. The third-order valence-corrected chi connectivity index (χ3v) is 3.66. The van der Waals surface area contributed by atoms with Crippen molar-refractivity contribution in [2.75, 3.05) is 11.9 Å². The average molecular weight is 276 g/mol. The van der Waals surface area contributed by atoms with E-state index in [0.29, 0.717) is 11.7 Å². The summed E-state index contributed by atoms with van der Waals surface area (Å²) in [7, 11) is 0. The molecule has 0 aliphatic heterocycles. The number of anilines is 1. The van der Waals surface area contributed by atoms with Crippen LogP contribution in [0.2, 0.25) is 0 Å². The van der Waals surface area contributed by atoms with E-state index >= 15 is 0 Å². The standard InChI is InChI=1S/C15H24N4O/c1-2-3-6-9-16-14-11-17-13(10-18-14)15(20)19-12-7-4-5-8-12/h10-12H,2-9H2,1H3,(H,16,18)(H,19,20). The van der Waals surface area contributed by atoms with Gasteiger partial charge < -0.3 is 10.6 Å². The maximum absolute atomic E-state index is 12.0. The van der Waals surface area contributed by atoms with Gasteiger partial charge in [-0.25, -0.2) is 9.97 Å². The lowest BCUT2D eigenvalue weighted by Gasteiger charge is -2.11. The molecule has 2 rings (SSSR count). The van der Waals surface area contributed by atoms with E-state index < -0.39 is 0 Å². The Morgan fingerprint density at radius 3 is 2.70 bits per heavy atom. The molecule has 1 heterocycles. The van der Waals surface area contributed by atoms with Crippen LogP contribution in [0, 0.1) is 0 Å². The zero-order valence-electron chi connectivity index (χ0n) is 12.2. The molecular formula is C15H24N4O. The van der Waals surface area contributed by atoms with Crippen molar-refractivity contribution in [2.45, 2.75) is 57.9 Å². The van der Waals surface area contributed by atoms with E-state index in [1.165, 1.54) is 25.7 Å². The molecule has 0 aromatic carbocycles. The number of amides is 1. The lowest BCUT2D eigenvalue weighted by atomic mass is 10.2. The zero-order valence-corrected chi connectivity index (χ0v) is 12.2. The Morgan fingerprint density at radius 1 is 1.25 bits per heavy atom. The molecule has 0 atom stereocenters. The molecule has 5 nitrogen and oxygen atoms in total. The number of carbonyl (C=O) groups excluding carboxylic acids is 1. The number of carbonyl (C=O) groups is 1. The van der Waals surface area contributed by atoms with Crippen LogP contribution < -0.4 is 10.6 Å². The van der Waals surface area contributed by atoms with Gasteiger partial charge in [0.15, 0.2) is 0 Å². The third kappa shape index (κ3) is 4.47. The Balaban J connectivity index is 1.79. The number of nitrogens with zero attached hydrogens (tertiary/aromatic N) is 2. The molecule has 0 spiro atoms. The van der Waals surface area contributed by atoms with Gasteiger partial charge in [-0.2, -0.15) is 0 Å². The van der Waals surface area contributed by atoms with Gasteiger partial charge in [0, 0.05) is 12.6 Å². The Kier molecular flexibility index (Phi) is 5.77. The molecule has 1 aliphatic rings. The van der Waals surface area contributed by atoms with Crippen LogP contribution in [0.4, 0.5) is 5.82 Å². The van der Waals surface area contributed by atoms with Gasteiger partial charge in [0.25, 0.3) is 5.91 Å². The third-order valence-electron chi connectivity index (χ3n) is 3.66. The maximum Gasteiger partial charge on any atom is 0.271 e. The fourth-order valence-electron chi connectivity index (χ4n) is 2.46. The van der Waals surface area contributed by atoms with E-state index in [4.69, 9.17) is 0 Å². The first kappa shape index (κ1) is 14.8. The highest BCUT2D eigenvalue weighted by atomic mass is 16.1. The van der Waals surface area contributed by atoms with Crippen LogP contribution in [-0.2, 0) is 0 Å². The minimum Gasteiger partial charge on any atom is -0.369 e. The Hall–Kier alpha value is -1.65. The van der Waals surface area contributed by atoms with E-state index in [9.17, 15) is 4.79 Å². The summed E-state index contributed by atoms with van der Waals surface area (Å²) in [5.41, 5.74) is 0.399. The van der Waals surface area contributed by atoms with Gasteiger partial charge in [-0.15, -0.1) is 0 Å². The van der Waals surface area contributed by atoms with Crippen LogP contribution in [0.25, 0.3) is 0 Å². The number of aromatic nitrogens is 2. The van der Waals surface area contributed by atoms with E-state index in [1.54, 1.807) is 12.4 Å². The summed E-state index contributed by atoms with van der Waals surface area (Å²) >= 11 is 0. The summed E-state index contributed by atoms with van der Waals surface area (Å²) in [6.45, 7) is 3.08. The van der Waals surface area contributed by atoms with Crippen molar-refractivity contribution in [2.24, 2.45) is 0 Å².